The third kappa shape index (κ3) is 7.27. The Morgan fingerprint density at radius 2 is 0.911 bits per heavy atom. The molecule has 4 atom stereocenters. The van der Waals surface area contributed by atoms with E-state index in [9.17, 15) is 0 Å². The molecule has 6 nitrogen and oxygen atoms in total. The van der Waals surface area contributed by atoms with Crippen molar-refractivity contribution in [2.24, 2.45) is 0 Å². The van der Waals surface area contributed by atoms with Crippen molar-refractivity contribution < 1.29 is 9.47 Å². The summed E-state index contributed by atoms with van der Waals surface area (Å²) in [5.41, 5.74) is 4.98. The summed E-state index contributed by atoms with van der Waals surface area (Å²) in [6, 6.07) is 51.5. The molecule has 0 unspecified atom stereocenters. The molecule has 2 aliphatic heterocycles. The second-order valence-electron chi connectivity index (χ2n) is 15.6. The molecule has 3 heterocycles. The Kier molecular flexibility index (Phi) is 10.5. The van der Waals surface area contributed by atoms with E-state index in [2.05, 4.69) is 151 Å². The van der Waals surface area contributed by atoms with Gasteiger partial charge in [0.2, 0.25) is 11.8 Å². The molecular weight excluding hydrogens is 689 g/mol. The molecule has 0 saturated carbocycles. The standard InChI is InChI=1S/C50H50N4O2/c1-53-33-15-13-31-43(53)46(41-29-17-25-35-19-9-11-27-39(35)41)55-49-45(37-21-5-3-6-22-37)50(52-48(51-49)38-23-7-4-8-24-38)56-47(44-32-14-16-34-54(44)2)42-30-18-26-36-20-10-12-28-40(36)42/h3-12,17-30,43-44,46-47H,13-16,31-34H2,1-2H3/t43-,44-,46-,47-/m0/s1. The lowest BCUT2D eigenvalue weighted by molar-refractivity contribution is 0.0501. The maximum atomic E-state index is 7.55. The SMILES string of the molecule is CN1CCCC[C@H]1[C@@H](Oc1nc(-c2ccccc2)nc(O[C@@H](c2cccc3ccccc23)[C@@H]2CCCCN2C)c1-c1ccccc1)c1cccc2ccccc12. The number of hydrogen-bond acceptors (Lipinski definition) is 6. The molecule has 0 spiro atoms. The molecule has 6 heteroatoms. The van der Waals surface area contributed by atoms with E-state index in [1.807, 2.05) is 18.2 Å². The second kappa shape index (κ2) is 16.3. The first-order valence-electron chi connectivity index (χ1n) is 20.3. The Hall–Kier alpha value is -5.56. The smallest absolute Gasteiger partial charge is 0.229 e. The van der Waals surface area contributed by atoms with Gasteiger partial charge in [0.05, 0.1) is 12.1 Å². The summed E-state index contributed by atoms with van der Waals surface area (Å²) in [6.45, 7) is 2.05. The van der Waals surface area contributed by atoms with Crippen LogP contribution in [0.5, 0.6) is 11.8 Å². The number of benzene rings is 6. The molecular formula is C50H50N4O2. The van der Waals surface area contributed by atoms with E-state index in [4.69, 9.17) is 19.4 Å². The van der Waals surface area contributed by atoms with Gasteiger partial charge >= 0.3 is 0 Å². The normalized spacial score (nSPS) is 19.1. The zero-order valence-corrected chi connectivity index (χ0v) is 32.4. The van der Waals surface area contributed by atoms with Crippen LogP contribution in [0.1, 0.15) is 61.9 Å². The number of ether oxygens (including phenoxy) is 2. The van der Waals surface area contributed by atoms with E-state index in [1.54, 1.807) is 0 Å². The van der Waals surface area contributed by atoms with Crippen molar-refractivity contribution in [3.8, 4) is 34.3 Å². The molecule has 2 aliphatic rings. The van der Waals surface area contributed by atoms with Gasteiger partial charge < -0.3 is 9.47 Å². The van der Waals surface area contributed by atoms with E-state index in [0.29, 0.717) is 17.6 Å². The molecule has 7 aromatic rings. The third-order valence-corrected chi connectivity index (χ3v) is 12.0. The fraction of sp³-hybridized carbons (Fsp3) is 0.280. The van der Waals surface area contributed by atoms with Gasteiger partial charge in [-0.1, -0.05) is 158 Å². The van der Waals surface area contributed by atoms with Crippen LogP contribution >= 0.6 is 0 Å². The minimum atomic E-state index is -0.293. The molecule has 0 N–H and O–H groups in total. The predicted octanol–water partition coefficient (Wildman–Crippen LogP) is 11.3. The lowest BCUT2D eigenvalue weighted by atomic mass is 9.90. The van der Waals surface area contributed by atoms with Crippen molar-refractivity contribution in [1.29, 1.82) is 0 Å². The van der Waals surface area contributed by atoms with Crippen molar-refractivity contribution in [3.05, 3.63) is 157 Å². The van der Waals surface area contributed by atoms with Crippen LogP contribution < -0.4 is 9.47 Å². The summed E-state index contributed by atoms with van der Waals surface area (Å²) >= 11 is 0. The molecule has 2 fully saturated rings. The van der Waals surface area contributed by atoms with Crippen LogP contribution in [-0.2, 0) is 0 Å². The molecule has 282 valence electrons. The topological polar surface area (TPSA) is 50.7 Å². The molecule has 1 aromatic heterocycles. The Morgan fingerprint density at radius 3 is 1.39 bits per heavy atom. The highest BCUT2D eigenvalue weighted by Crippen LogP contribution is 2.45. The number of likely N-dealkylation sites (N-methyl/N-ethyl adjacent to an activating group) is 2. The van der Waals surface area contributed by atoms with E-state index >= 15 is 0 Å². The Morgan fingerprint density at radius 1 is 0.482 bits per heavy atom. The van der Waals surface area contributed by atoms with Crippen molar-refractivity contribution in [3.63, 3.8) is 0 Å². The van der Waals surface area contributed by atoms with Gasteiger partial charge in [-0.15, -0.1) is 0 Å². The van der Waals surface area contributed by atoms with Crippen molar-refractivity contribution in [2.75, 3.05) is 27.2 Å². The molecule has 6 aromatic carbocycles. The number of aromatic nitrogens is 2. The summed E-state index contributed by atoms with van der Waals surface area (Å²) in [4.78, 5) is 15.7. The van der Waals surface area contributed by atoms with Gasteiger partial charge in [-0.2, -0.15) is 9.97 Å². The number of rotatable bonds is 10. The van der Waals surface area contributed by atoms with Gasteiger partial charge in [0.15, 0.2) is 5.82 Å². The van der Waals surface area contributed by atoms with Gasteiger partial charge in [-0.25, -0.2) is 0 Å². The molecule has 2 saturated heterocycles. The van der Waals surface area contributed by atoms with E-state index in [-0.39, 0.29) is 24.3 Å². The molecule has 9 rings (SSSR count). The summed E-state index contributed by atoms with van der Waals surface area (Å²) in [5.74, 6) is 1.65. The fourth-order valence-corrected chi connectivity index (χ4v) is 9.06. The predicted molar refractivity (Wildman–Crippen MR) is 228 cm³/mol. The lowest BCUT2D eigenvalue weighted by Gasteiger charge is -2.39. The highest BCUT2D eigenvalue weighted by atomic mass is 16.5. The maximum absolute atomic E-state index is 7.55. The third-order valence-electron chi connectivity index (χ3n) is 12.0. The largest absolute Gasteiger partial charge is 0.467 e. The summed E-state index contributed by atoms with van der Waals surface area (Å²) in [6.07, 6.45) is 6.14. The van der Waals surface area contributed by atoms with Crippen molar-refractivity contribution in [1.82, 2.24) is 19.8 Å². The zero-order valence-electron chi connectivity index (χ0n) is 32.4. The maximum Gasteiger partial charge on any atom is 0.229 e. The molecule has 0 radical (unpaired) electrons. The first-order chi connectivity index (χ1) is 27.6. The lowest BCUT2D eigenvalue weighted by Crippen LogP contribution is -2.43. The van der Waals surface area contributed by atoms with Crippen LogP contribution in [0.2, 0.25) is 0 Å². The number of hydrogen-bond donors (Lipinski definition) is 0. The Bertz CT molecular complexity index is 2280. The van der Waals surface area contributed by atoms with Crippen LogP contribution in [0.25, 0.3) is 44.1 Å². The van der Waals surface area contributed by atoms with Gasteiger partial charge in [-0.05, 0) is 80.0 Å². The van der Waals surface area contributed by atoms with Crippen LogP contribution in [0.15, 0.2) is 146 Å². The van der Waals surface area contributed by atoms with Crippen molar-refractivity contribution >= 4 is 21.5 Å². The van der Waals surface area contributed by atoms with Gasteiger partial charge in [0, 0.05) is 16.7 Å². The minimum Gasteiger partial charge on any atom is -0.467 e. The van der Waals surface area contributed by atoms with Crippen LogP contribution in [0, 0.1) is 0 Å². The average molecular weight is 739 g/mol. The minimum absolute atomic E-state index is 0.150. The summed E-state index contributed by atoms with van der Waals surface area (Å²) in [7, 11) is 4.48. The summed E-state index contributed by atoms with van der Waals surface area (Å²) in [5, 5.41) is 4.80. The van der Waals surface area contributed by atoms with E-state index in [0.717, 1.165) is 55.5 Å². The number of fused-ring (bicyclic) bond motifs is 2. The zero-order chi connectivity index (χ0) is 37.8. The highest BCUT2D eigenvalue weighted by Gasteiger charge is 2.36. The number of likely N-dealkylation sites (tertiary alicyclic amines) is 2. The van der Waals surface area contributed by atoms with E-state index in [1.165, 1.54) is 45.5 Å². The molecule has 0 amide bonds. The van der Waals surface area contributed by atoms with Crippen LogP contribution in [0.4, 0.5) is 0 Å². The summed E-state index contributed by atoms with van der Waals surface area (Å²) < 4.78 is 15.1. The number of nitrogens with zero attached hydrogens (tertiary/aromatic N) is 4. The first kappa shape index (κ1) is 36.1. The molecule has 0 bridgehead atoms. The molecule has 56 heavy (non-hydrogen) atoms. The monoisotopic (exact) mass is 738 g/mol. The van der Waals surface area contributed by atoms with Gasteiger partial charge in [0.25, 0.3) is 0 Å². The first-order valence-corrected chi connectivity index (χ1v) is 20.3. The quantitative estimate of drug-likeness (QED) is 0.139. The highest BCUT2D eigenvalue weighted by molar-refractivity contribution is 5.87. The Balaban J connectivity index is 1.27. The van der Waals surface area contributed by atoms with Gasteiger partial charge in [0.1, 0.15) is 17.8 Å². The average Bonchev–Trinajstić information content (AvgIpc) is 3.25. The van der Waals surface area contributed by atoms with Gasteiger partial charge in [-0.3, -0.25) is 9.80 Å². The molecule has 0 aliphatic carbocycles. The Labute approximate surface area is 330 Å². The fourth-order valence-electron chi connectivity index (χ4n) is 9.06. The number of piperidine rings is 2. The second-order valence-corrected chi connectivity index (χ2v) is 15.6. The van der Waals surface area contributed by atoms with Crippen molar-refractivity contribution in [2.45, 2.75) is 62.8 Å². The van der Waals surface area contributed by atoms with Crippen LogP contribution in [-0.4, -0.2) is 59.0 Å². The van der Waals surface area contributed by atoms with Crippen LogP contribution in [0.3, 0.4) is 0 Å². The van der Waals surface area contributed by atoms with E-state index < -0.39 is 0 Å².